The van der Waals surface area contributed by atoms with Gasteiger partial charge < -0.3 is 10.6 Å². The zero-order chi connectivity index (χ0) is 13.8. The first kappa shape index (κ1) is 14.3. The molecule has 106 valence electrons. The fraction of sp³-hybridized carbons (Fsp3) is 0.667. The van der Waals surface area contributed by atoms with Crippen molar-refractivity contribution < 1.29 is 0 Å². The largest absolute Gasteiger partial charge is 0.354 e. The molecule has 0 amide bonds. The van der Waals surface area contributed by atoms with E-state index in [2.05, 4.69) is 41.6 Å². The van der Waals surface area contributed by atoms with Gasteiger partial charge in [0.05, 0.1) is 0 Å². The van der Waals surface area contributed by atoms with Crippen molar-refractivity contribution in [2.75, 3.05) is 37.6 Å². The summed E-state index contributed by atoms with van der Waals surface area (Å²) in [4.78, 5) is 9.57. The van der Waals surface area contributed by atoms with Gasteiger partial charge in [-0.25, -0.2) is 4.98 Å². The zero-order valence-electron chi connectivity index (χ0n) is 12.4. The van der Waals surface area contributed by atoms with E-state index in [0.29, 0.717) is 12.6 Å². The fourth-order valence-corrected chi connectivity index (χ4v) is 2.71. The van der Waals surface area contributed by atoms with Crippen molar-refractivity contribution in [3.05, 3.63) is 23.4 Å². The van der Waals surface area contributed by atoms with Gasteiger partial charge >= 0.3 is 0 Å². The quantitative estimate of drug-likeness (QED) is 0.891. The second-order valence-electron chi connectivity index (χ2n) is 5.64. The van der Waals surface area contributed by atoms with Gasteiger partial charge in [-0.05, 0) is 44.9 Å². The summed E-state index contributed by atoms with van der Waals surface area (Å²) in [6.07, 6.45) is 2.89. The normalized spacial score (nSPS) is 17.2. The molecule has 4 heteroatoms. The van der Waals surface area contributed by atoms with Crippen molar-refractivity contribution in [2.24, 2.45) is 5.73 Å². The molecule has 2 rings (SSSR count). The van der Waals surface area contributed by atoms with Crippen LogP contribution in [-0.4, -0.2) is 48.6 Å². The number of aryl methyl sites for hydroxylation is 1. The summed E-state index contributed by atoms with van der Waals surface area (Å²) in [6, 6.07) is 2.87. The summed E-state index contributed by atoms with van der Waals surface area (Å²) < 4.78 is 0. The first-order valence-electron chi connectivity index (χ1n) is 7.26. The summed E-state index contributed by atoms with van der Waals surface area (Å²) >= 11 is 0. The number of anilines is 1. The van der Waals surface area contributed by atoms with E-state index in [9.17, 15) is 0 Å². The van der Waals surface area contributed by atoms with Gasteiger partial charge in [0, 0.05) is 38.4 Å². The number of rotatable bonds is 4. The van der Waals surface area contributed by atoms with E-state index >= 15 is 0 Å². The molecule has 1 aromatic heterocycles. The summed E-state index contributed by atoms with van der Waals surface area (Å²) in [6.45, 7) is 11.8. The highest BCUT2D eigenvalue weighted by Gasteiger charge is 2.20. The van der Waals surface area contributed by atoms with Crippen LogP contribution in [0, 0.1) is 6.92 Å². The summed E-state index contributed by atoms with van der Waals surface area (Å²) in [5.41, 5.74) is 8.10. The molecule has 0 bridgehead atoms. The van der Waals surface area contributed by atoms with Crippen LogP contribution in [0.5, 0.6) is 0 Å². The van der Waals surface area contributed by atoms with Gasteiger partial charge in [0.2, 0.25) is 0 Å². The molecule has 0 unspecified atom stereocenters. The minimum absolute atomic E-state index is 0.642. The average Bonchev–Trinajstić information content (AvgIpc) is 2.39. The average molecular weight is 262 g/mol. The van der Waals surface area contributed by atoms with Crippen LogP contribution in [0.3, 0.4) is 0 Å². The Hall–Kier alpha value is -1.13. The highest BCUT2D eigenvalue weighted by Crippen LogP contribution is 2.20. The molecule has 0 spiro atoms. The van der Waals surface area contributed by atoms with Crippen molar-refractivity contribution in [1.82, 2.24) is 9.88 Å². The fourth-order valence-electron chi connectivity index (χ4n) is 2.71. The third kappa shape index (κ3) is 3.45. The van der Waals surface area contributed by atoms with Crippen LogP contribution < -0.4 is 10.6 Å². The molecule has 0 aliphatic carbocycles. The van der Waals surface area contributed by atoms with Crippen LogP contribution >= 0.6 is 0 Å². The number of aromatic nitrogens is 1. The Labute approximate surface area is 116 Å². The molecule has 0 aromatic carbocycles. The zero-order valence-corrected chi connectivity index (χ0v) is 12.4. The SMILES string of the molecule is Cc1cc(CCN)cnc1N1CCN(C(C)C)CC1. The minimum atomic E-state index is 0.642. The minimum Gasteiger partial charge on any atom is -0.354 e. The molecule has 0 atom stereocenters. The molecule has 0 radical (unpaired) electrons. The summed E-state index contributed by atoms with van der Waals surface area (Å²) in [5, 5.41) is 0. The standard InChI is InChI=1S/C15H26N4/c1-12(2)18-6-8-19(9-7-18)15-13(3)10-14(4-5-16)11-17-15/h10-12H,4-9,16H2,1-3H3. The molecular formula is C15H26N4. The van der Waals surface area contributed by atoms with E-state index in [1.165, 1.54) is 11.1 Å². The lowest BCUT2D eigenvalue weighted by Gasteiger charge is -2.38. The van der Waals surface area contributed by atoms with Crippen molar-refractivity contribution in [2.45, 2.75) is 33.2 Å². The van der Waals surface area contributed by atoms with E-state index in [4.69, 9.17) is 5.73 Å². The highest BCUT2D eigenvalue weighted by atomic mass is 15.3. The lowest BCUT2D eigenvalue weighted by Crippen LogP contribution is -2.49. The first-order valence-corrected chi connectivity index (χ1v) is 7.26. The van der Waals surface area contributed by atoms with Crippen LogP contribution in [0.2, 0.25) is 0 Å². The van der Waals surface area contributed by atoms with E-state index in [1.807, 2.05) is 6.20 Å². The number of pyridine rings is 1. The third-order valence-corrected chi connectivity index (χ3v) is 3.88. The maximum Gasteiger partial charge on any atom is 0.131 e. The Balaban J connectivity index is 2.03. The summed E-state index contributed by atoms with van der Waals surface area (Å²) in [5.74, 6) is 1.14. The lowest BCUT2D eigenvalue weighted by molar-refractivity contribution is 0.209. The first-order chi connectivity index (χ1) is 9.11. The lowest BCUT2D eigenvalue weighted by atomic mass is 10.1. The number of piperazine rings is 1. The predicted octanol–water partition coefficient (Wildman–Crippen LogP) is 1.42. The molecule has 0 saturated carbocycles. The topological polar surface area (TPSA) is 45.4 Å². The molecule has 1 aromatic rings. The van der Waals surface area contributed by atoms with Crippen LogP contribution in [0.4, 0.5) is 5.82 Å². The Kier molecular flexibility index (Phi) is 4.77. The van der Waals surface area contributed by atoms with Crippen molar-refractivity contribution in [3.8, 4) is 0 Å². The third-order valence-electron chi connectivity index (χ3n) is 3.88. The van der Waals surface area contributed by atoms with Gasteiger partial charge in [0.1, 0.15) is 5.82 Å². The number of nitrogens with two attached hydrogens (primary N) is 1. The second kappa shape index (κ2) is 6.35. The smallest absolute Gasteiger partial charge is 0.131 e. The van der Waals surface area contributed by atoms with Crippen molar-refractivity contribution in [1.29, 1.82) is 0 Å². The number of hydrogen-bond donors (Lipinski definition) is 1. The molecule has 1 fully saturated rings. The van der Waals surface area contributed by atoms with Gasteiger partial charge in [0.15, 0.2) is 0 Å². The Morgan fingerprint density at radius 3 is 2.47 bits per heavy atom. The molecule has 1 aliphatic heterocycles. The Morgan fingerprint density at radius 1 is 1.26 bits per heavy atom. The van der Waals surface area contributed by atoms with Gasteiger partial charge in [-0.1, -0.05) is 6.07 Å². The van der Waals surface area contributed by atoms with Gasteiger partial charge in [0.25, 0.3) is 0 Å². The molecule has 1 aliphatic rings. The molecule has 2 heterocycles. The number of nitrogens with zero attached hydrogens (tertiary/aromatic N) is 3. The van der Waals surface area contributed by atoms with Gasteiger partial charge in [-0.2, -0.15) is 0 Å². The molecular weight excluding hydrogens is 236 g/mol. The van der Waals surface area contributed by atoms with Gasteiger partial charge in [-0.15, -0.1) is 0 Å². The van der Waals surface area contributed by atoms with E-state index in [1.54, 1.807) is 0 Å². The van der Waals surface area contributed by atoms with Gasteiger partial charge in [-0.3, -0.25) is 4.90 Å². The maximum atomic E-state index is 5.59. The highest BCUT2D eigenvalue weighted by molar-refractivity contribution is 5.47. The molecule has 4 nitrogen and oxygen atoms in total. The summed E-state index contributed by atoms with van der Waals surface area (Å²) in [7, 11) is 0. The van der Waals surface area contributed by atoms with Crippen LogP contribution in [0.15, 0.2) is 12.3 Å². The van der Waals surface area contributed by atoms with Crippen LogP contribution in [0.1, 0.15) is 25.0 Å². The molecule has 19 heavy (non-hydrogen) atoms. The predicted molar refractivity (Wildman–Crippen MR) is 80.7 cm³/mol. The van der Waals surface area contributed by atoms with Crippen LogP contribution in [0.25, 0.3) is 0 Å². The van der Waals surface area contributed by atoms with Crippen molar-refractivity contribution >= 4 is 5.82 Å². The molecule has 1 saturated heterocycles. The Bertz CT molecular complexity index is 409. The van der Waals surface area contributed by atoms with E-state index in [0.717, 1.165) is 38.4 Å². The van der Waals surface area contributed by atoms with E-state index in [-0.39, 0.29) is 0 Å². The van der Waals surface area contributed by atoms with E-state index < -0.39 is 0 Å². The Morgan fingerprint density at radius 2 is 1.95 bits per heavy atom. The van der Waals surface area contributed by atoms with Crippen molar-refractivity contribution in [3.63, 3.8) is 0 Å². The maximum absolute atomic E-state index is 5.59. The molecule has 2 N–H and O–H groups in total. The second-order valence-corrected chi connectivity index (χ2v) is 5.64. The van der Waals surface area contributed by atoms with Crippen LogP contribution in [-0.2, 0) is 6.42 Å². The number of hydrogen-bond acceptors (Lipinski definition) is 4. The monoisotopic (exact) mass is 262 g/mol.